The van der Waals surface area contributed by atoms with Crippen molar-refractivity contribution in [1.82, 2.24) is 9.97 Å². The lowest BCUT2D eigenvalue weighted by molar-refractivity contribution is 0.0697. The Morgan fingerprint density at radius 3 is 2.83 bits per heavy atom. The highest BCUT2D eigenvalue weighted by Crippen LogP contribution is 2.66. The number of H-pyrrole nitrogens is 1. The second-order valence-electron chi connectivity index (χ2n) is 7.90. The summed E-state index contributed by atoms with van der Waals surface area (Å²) in [5.41, 5.74) is 2.17. The number of carbonyl (C=O) groups is 1. The molecule has 0 spiro atoms. The van der Waals surface area contributed by atoms with Crippen molar-refractivity contribution in [3.05, 3.63) is 24.0 Å². The van der Waals surface area contributed by atoms with Gasteiger partial charge in [-0.25, -0.2) is 9.78 Å². The minimum absolute atomic E-state index is 0.194. The van der Waals surface area contributed by atoms with Gasteiger partial charge in [0.25, 0.3) is 0 Å². The lowest BCUT2D eigenvalue weighted by atomic mass is 9.69. The first-order valence-electron chi connectivity index (χ1n) is 8.30. The minimum atomic E-state index is -0.935. The average Bonchev–Trinajstić information content (AvgIpc) is 3.10. The van der Waals surface area contributed by atoms with E-state index in [1.165, 1.54) is 19.0 Å². The SMILES string of the molecule is CC1(C)[C@@H]2CC[C@]1(C)[C@@H](Nc1c(C(=O)O)cnc3[nH]ccc13)C2. The summed E-state index contributed by atoms with van der Waals surface area (Å²) in [5.74, 6) is -0.225. The number of fused-ring (bicyclic) bond motifs is 3. The zero-order valence-electron chi connectivity index (χ0n) is 13.8. The Bertz CT molecular complexity index is 795. The summed E-state index contributed by atoms with van der Waals surface area (Å²) in [5, 5.41) is 14.0. The van der Waals surface area contributed by atoms with Gasteiger partial charge in [0.05, 0.1) is 5.69 Å². The molecule has 3 atom stereocenters. The van der Waals surface area contributed by atoms with E-state index in [9.17, 15) is 9.90 Å². The lowest BCUT2D eigenvalue weighted by Crippen LogP contribution is -2.40. The summed E-state index contributed by atoms with van der Waals surface area (Å²) in [6, 6.07) is 2.20. The number of nitrogens with one attached hydrogen (secondary N) is 2. The lowest BCUT2D eigenvalue weighted by Gasteiger charge is -2.40. The molecule has 0 unspecified atom stereocenters. The first-order chi connectivity index (χ1) is 10.8. The Morgan fingerprint density at radius 1 is 1.43 bits per heavy atom. The number of carboxylic acids is 1. The van der Waals surface area contributed by atoms with Crippen LogP contribution in [0.5, 0.6) is 0 Å². The first kappa shape index (κ1) is 14.5. The Kier molecular flexibility index (Phi) is 2.84. The highest BCUT2D eigenvalue weighted by atomic mass is 16.4. The molecule has 0 aromatic carbocycles. The number of anilines is 1. The molecule has 2 aromatic rings. The molecule has 2 aromatic heterocycles. The highest BCUT2D eigenvalue weighted by molar-refractivity contribution is 6.03. The van der Waals surface area contributed by atoms with Crippen molar-refractivity contribution in [2.75, 3.05) is 5.32 Å². The van der Waals surface area contributed by atoms with Gasteiger partial charge in [-0.2, -0.15) is 0 Å². The van der Waals surface area contributed by atoms with Crippen LogP contribution in [0.2, 0.25) is 0 Å². The molecule has 2 bridgehead atoms. The van der Waals surface area contributed by atoms with Crippen LogP contribution in [0.15, 0.2) is 18.5 Å². The maximum atomic E-state index is 11.6. The monoisotopic (exact) mass is 313 g/mol. The molecule has 3 N–H and O–H groups in total. The van der Waals surface area contributed by atoms with Crippen LogP contribution < -0.4 is 5.32 Å². The predicted molar refractivity (Wildman–Crippen MR) is 89.7 cm³/mol. The summed E-state index contributed by atoms with van der Waals surface area (Å²) in [4.78, 5) is 18.9. The van der Waals surface area contributed by atoms with Crippen LogP contribution >= 0.6 is 0 Å². The van der Waals surface area contributed by atoms with Crippen molar-refractivity contribution in [2.24, 2.45) is 16.7 Å². The Balaban J connectivity index is 1.78. The summed E-state index contributed by atoms with van der Waals surface area (Å²) in [6.45, 7) is 7.08. The third-order valence-electron chi connectivity index (χ3n) is 6.93. The van der Waals surface area contributed by atoms with E-state index in [1.807, 2.05) is 6.07 Å². The fourth-order valence-corrected chi connectivity index (χ4v) is 4.92. The number of carboxylic acid groups (broad SMARTS) is 1. The summed E-state index contributed by atoms with van der Waals surface area (Å²) in [7, 11) is 0. The molecule has 23 heavy (non-hydrogen) atoms. The molecule has 122 valence electrons. The van der Waals surface area contributed by atoms with Crippen LogP contribution in [0.1, 0.15) is 50.4 Å². The number of aromatic amines is 1. The van der Waals surface area contributed by atoms with Crippen molar-refractivity contribution in [3.63, 3.8) is 0 Å². The number of hydrogen-bond donors (Lipinski definition) is 3. The molecule has 0 saturated heterocycles. The molecule has 4 rings (SSSR count). The smallest absolute Gasteiger partial charge is 0.339 e. The van der Waals surface area contributed by atoms with Crippen LogP contribution in [-0.4, -0.2) is 27.1 Å². The maximum Gasteiger partial charge on any atom is 0.339 e. The average molecular weight is 313 g/mol. The number of rotatable bonds is 3. The largest absolute Gasteiger partial charge is 0.478 e. The predicted octanol–water partition coefficient (Wildman–Crippen LogP) is 3.89. The van der Waals surface area contributed by atoms with Crippen LogP contribution in [0.3, 0.4) is 0 Å². The fourth-order valence-electron chi connectivity index (χ4n) is 4.92. The molecule has 0 amide bonds. The molecule has 5 nitrogen and oxygen atoms in total. The number of pyridine rings is 1. The zero-order chi connectivity index (χ0) is 16.4. The van der Waals surface area contributed by atoms with Gasteiger partial charge >= 0.3 is 5.97 Å². The van der Waals surface area contributed by atoms with Crippen molar-refractivity contribution in [3.8, 4) is 0 Å². The molecular formula is C18H23N3O2. The van der Waals surface area contributed by atoms with Gasteiger partial charge in [-0.3, -0.25) is 0 Å². The minimum Gasteiger partial charge on any atom is -0.478 e. The molecule has 2 heterocycles. The van der Waals surface area contributed by atoms with E-state index in [1.54, 1.807) is 6.20 Å². The van der Waals surface area contributed by atoms with Gasteiger partial charge < -0.3 is 15.4 Å². The van der Waals surface area contributed by atoms with Crippen molar-refractivity contribution < 1.29 is 9.90 Å². The number of aromatic carboxylic acids is 1. The van der Waals surface area contributed by atoms with Gasteiger partial charge in [0.15, 0.2) is 0 Å². The topological polar surface area (TPSA) is 78.0 Å². The number of aromatic nitrogens is 2. The second kappa shape index (κ2) is 4.49. The molecule has 2 aliphatic rings. The van der Waals surface area contributed by atoms with Crippen LogP contribution in [0, 0.1) is 16.7 Å². The van der Waals surface area contributed by atoms with E-state index in [-0.39, 0.29) is 11.0 Å². The first-order valence-corrected chi connectivity index (χ1v) is 8.30. The highest BCUT2D eigenvalue weighted by Gasteiger charge is 2.61. The van der Waals surface area contributed by atoms with Crippen LogP contribution in [0.25, 0.3) is 11.0 Å². The van der Waals surface area contributed by atoms with Crippen molar-refractivity contribution in [1.29, 1.82) is 0 Å². The standard InChI is InChI=1S/C18H23N3O2/c1-17(2)10-4-6-18(17,3)13(8-10)21-14-11-5-7-19-15(11)20-9-12(14)16(22)23/h5,7,9-10,13H,4,6,8H2,1-3H3,(H,22,23)(H2,19,20,21)/t10-,13+,18-/m1/s1. The maximum absolute atomic E-state index is 11.6. The Morgan fingerprint density at radius 2 is 2.22 bits per heavy atom. The molecule has 2 saturated carbocycles. The Labute approximate surface area is 135 Å². The number of hydrogen-bond acceptors (Lipinski definition) is 3. The van der Waals surface area contributed by atoms with E-state index in [0.717, 1.165) is 17.5 Å². The van der Waals surface area contributed by atoms with Gasteiger partial charge in [0.1, 0.15) is 11.2 Å². The molecule has 0 radical (unpaired) electrons. The van der Waals surface area contributed by atoms with Gasteiger partial charge in [0.2, 0.25) is 0 Å². The second-order valence-corrected chi connectivity index (χ2v) is 7.90. The molecule has 2 aliphatic carbocycles. The normalized spacial score (nSPS) is 31.6. The Hall–Kier alpha value is -2.04. The molecular weight excluding hydrogens is 290 g/mol. The van der Waals surface area contributed by atoms with Gasteiger partial charge in [-0.15, -0.1) is 0 Å². The van der Waals surface area contributed by atoms with E-state index >= 15 is 0 Å². The van der Waals surface area contributed by atoms with Gasteiger partial charge in [0, 0.05) is 23.8 Å². The summed E-state index contributed by atoms with van der Waals surface area (Å²) < 4.78 is 0. The molecule has 5 heteroatoms. The van der Waals surface area contributed by atoms with Crippen LogP contribution in [-0.2, 0) is 0 Å². The van der Waals surface area contributed by atoms with Gasteiger partial charge in [-0.1, -0.05) is 20.8 Å². The third-order valence-corrected chi connectivity index (χ3v) is 6.93. The van der Waals surface area contributed by atoms with Crippen molar-refractivity contribution >= 4 is 22.7 Å². The van der Waals surface area contributed by atoms with E-state index < -0.39 is 5.97 Å². The number of nitrogens with zero attached hydrogens (tertiary/aromatic N) is 1. The molecule has 2 fully saturated rings. The van der Waals surface area contributed by atoms with E-state index in [0.29, 0.717) is 23.1 Å². The summed E-state index contributed by atoms with van der Waals surface area (Å²) >= 11 is 0. The summed E-state index contributed by atoms with van der Waals surface area (Å²) in [6.07, 6.45) is 6.84. The van der Waals surface area contributed by atoms with Crippen LogP contribution in [0.4, 0.5) is 5.69 Å². The third kappa shape index (κ3) is 1.79. The van der Waals surface area contributed by atoms with Gasteiger partial charge in [-0.05, 0) is 42.1 Å². The quantitative estimate of drug-likeness (QED) is 0.803. The zero-order valence-corrected chi connectivity index (χ0v) is 13.8. The van der Waals surface area contributed by atoms with E-state index in [4.69, 9.17) is 0 Å². The fraction of sp³-hybridized carbons (Fsp3) is 0.556. The van der Waals surface area contributed by atoms with E-state index in [2.05, 4.69) is 36.1 Å². The van der Waals surface area contributed by atoms with Crippen molar-refractivity contribution in [2.45, 2.75) is 46.1 Å². The molecule has 0 aliphatic heterocycles.